The van der Waals surface area contributed by atoms with Crippen molar-refractivity contribution in [3.63, 3.8) is 0 Å². The van der Waals surface area contributed by atoms with Crippen LogP contribution in [0.3, 0.4) is 0 Å². The molecule has 0 unspecified atom stereocenters. The van der Waals surface area contributed by atoms with Crippen molar-refractivity contribution in [3.8, 4) is 5.75 Å². The molecule has 2 aromatic carbocycles. The first-order valence-corrected chi connectivity index (χ1v) is 9.22. The van der Waals surface area contributed by atoms with Crippen LogP contribution in [-0.4, -0.2) is 27.8 Å². The first-order valence-electron chi connectivity index (χ1n) is 9.22. The first kappa shape index (κ1) is 18.5. The minimum absolute atomic E-state index is 0.0204. The number of benzene rings is 2. The monoisotopic (exact) mass is 387 g/mol. The normalized spacial score (nSPS) is 15.6. The van der Waals surface area contributed by atoms with E-state index in [4.69, 9.17) is 4.74 Å². The molecule has 29 heavy (non-hydrogen) atoms. The van der Waals surface area contributed by atoms with Crippen molar-refractivity contribution in [1.82, 2.24) is 14.8 Å². The molecule has 2 heterocycles. The number of hydrogen-bond donors (Lipinski definition) is 2. The van der Waals surface area contributed by atoms with Gasteiger partial charge in [-0.05, 0) is 29.3 Å². The van der Waals surface area contributed by atoms with E-state index in [9.17, 15) is 4.79 Å². The molecule has 0 radical (unpaired) electrons. The Hall–Kier alpha value is -3.87. The Kier molecular flexibility index (Phi) is 5.11. The third-order valence-electron chi connectivity index (χ3n) is 4.62. The van der Waals surface area contributed by atoms with Crippen molar-refractivity contribution in [1.29, 1.82) is 0 Å². The standard InChI is InChI=1S/C22H21N5O2/c1-15-14-19(17-6-4-3-5-7-17)27-22(23-15)25-21(26-27)24-20(28)13-10-16-8-11-18(29-2)12-9-16/h3-13,19H,1,14H2,2H3,(H2,23,24,25,26,28)/b13-10+/t19-/m0/s1. The summed E-state index contributed by atoms with van der Waals surface area (Å²) in [6.45, 7) is 4.03. The predicted octanol–water partition coefficient (Wildman–Crippen LogP) is 3.86. The Labute approximate surface area is 168 Å². The summed E-state index contributed by atoms with van der Waals surface area (Å²) in [7, 11) is 1.61. The molecule has 0 bridgehead atoms. The number of nitrogens with zero attached hydrogens (tertiary/aromatic N) is 3. The number of amides is 1. The number of anilines is 2. The van der Waals surface area contributed by atoms with Crippen molar-refractivity contribution >= 4 is 23.9 Å². The van der Waals surface area contributed by atoms with E-state index in [1.165, 1.54) is 6.08 Å². The van der Waals surface area contributed by atoms with Gasteiger partial charge in [-0.15, -0.1) is 5.10 Å². The average Bonchev–Trinajstić information content (AvgIpc) is 3.14. The number of allylic oxidation sites excluding steroid dienone is 1. The highest BCUT2D eigenvalue weighted by atomic mass is 16.5. The Morgan fingerprint density at radius 3 is 2.72 bits per heavy atom. The molecule has 0 saturated carbocycles. The third kappa shape index (κ3) is 4.19. The van der Waals surface area contributed by atoms with Gasteiger partial charge < -0.3 is 10.1 Å². The van der Waals surface area contributed by atoms with Gasteiger partial charge in [0.1, 0.15) is 5.75 Å². The van der Waals surface area contributed by atoms with Gasteiger partial charge in [-0.25, -0.2) is 4.68 Å². The van der Waals surface area contributed by atoms with Crippen LogP contribution in [0.4, 0.5) is 11.9 Å². The lowest BCUT2D eigenvalue weighted by Gasteiger charge is -2.26. The van der Waals surface area contributed by atoms with E-state index in [1.54, 1.807) is 17.9 Å². The fourth-order valence-corrected chi connectivity index (χ4v) is 3.18. The van der Waals surface area contributed by atoms with Crippen LogP contribution in [0.5, 0.6) is 5.75 Å². The van der Waals surface area contributed by atoms with Crippen molar-refractivity contribution in [2.45, 2.75) is 12.5 Å². The Balaban J connectivity index is 1.49. The van der Waals surface area contributed by atoms with Crippen LogP contribution < -0.4 is 15.4 Å². The lowest BCUT2D eigenvalue weighted by atomic mass is 10.0. The molecule has 4 rings (SSSR count). The fourth-order valence-electron chi connectivity index (χ4n) is 3.18. The molecule has 1 aliphatic heterocycles. The smallest absolute Gasteiger partial charge is 0.250 e. The summed E-state index contributed by atoms with van der Waals surface area (Å²) >= 11 is 0. The Bertz CT molecular complexity index is 1050. The zero-order valence-electron chi connectivity index (χ0n) is 16.0. The molecular formula is C22H21N5O2. The van der Waals surface area contributed by atoms with Gasteiger partial charge in [-0.3, -0.25) is 10.1 Å². The highest BCUT2D eigenvalue weighted by molar-refractivity contribution is 6.00. The highest BCUT2D eigenvalue weighted by Crippen LogP contribution is 2.32. The molecule has 1 aromatic heterocycles. The lowest BCUT2D eigenvalue weighted by molar-refractivity contribution is -0.111. The summed E-state index contributed by atoms with van der Waals surface area (Å²) < 4.78 is 6.91. The molecule has 2 N–H and O–H groups in total. The van der Waals surface area contributed by atoms with E-state index in [-0.39, 0.29) is 17.9 Å². The van der Waals surface area contributed by atoms with Crippen molar-refractivity contribution in [2.75, 3.05) is 17.7 Å². The van der Waals surface area contributed by atoms with Crippen molar-refractivity contribution < 1.29 is 9.53 Å². The largest absolute Gasteiger partial charge is 0.497 e. The Morgan fingerprint density at radius 2 is 2.00 bits per heavy atom. The summed E-state index contributed by atoms with van der Waals surface area (Å²) in [6.07, 6.45) is 3.87. The lowest BCUT2D eigenvalue weighted by Crippen LogP contribution is -2.23. The minimum atomic E-state index is -0.307. The van der Waals surface area contributed by atoms with E-state index in [2.05, 4.69) is 27.3 Å². The third-order valence-corrected chi connectivity index (χ3v) is 4.62. The summed E-state index contributed by atoms with van der Waals surface area (Å²) in [6, 6.07) is 17.4. The molecule has 7 heteroatoms. The number of rotatable bonds is 5. The number of carbonyl (C=O) groups excluding carboxylic acids is 1. The Morgan fingerprint density at radius 1 is 1.24 bits per heavy atom. The van der Waals surface area contributed by atoms with Crippen LogP contribution in [0.25, 0.3) is 6.08 Å². The van der Waals surface area contributed by atoms with Crippen LogP contribution in [0.2, 0.25) is 0 Å². The van der Waals surface area contributed by atoms with Gasteiger partial charge in [0.05, 0.1) is 13.2 Å². The second kappa shape index (κ2) is 8.02. The van der Waals surface area contributed by atoms with E-state index in [0.717, 1.165) is 22.6 Å². The highest BCUT2D eigenvalue weighted by Gasteiger charge is 2.26. The van der Waals surface area contributed by atoms with Gasteiger partial charge in [0.25, 0.3) is 11.9 Å². The maximum atomic E-state index is 12.3. The topological polar surface area (TPSA) is 81.1 Å². The zero-order valence-corrected chi connectivity index (χ0v) is 16.0. The van der Waals surface area contributed by atoms with Crippen molar-refractivity contribution in [3.05, 3.63) is 84.1 Å². The number of aromatic nitrogens is 3. The number of methoxy groups -OCH3 is 1. The summed E-state index contributed by atoms with van der Waals surface area (Å²) in [5.74, 6) is 1.26. The number of hydrogen-bond acceptors (Lipinski definition) is 5. The molecule has 1 aliphatic rings. The molecule has 0 fully saturated rings. The molecule has 146 valence electrons. The van der Waals surface area contributed by atoms with Crippen LogP contribution in [0.1, 0.15) is 23.6 Å². The molecule has 3 aromatic rings. The molecule has 0 spiro atoms. The predicted molar refractivity (Wildman–Crippen MR) is 113 cm³/mol. The van der Waals surface area contributed by atoms with Gasteiger partial charge in [-0.1, -0.05) is 49.0 Å². The minimum Gasteiger partial charge on any atom is -0.497 e. The SMILES string of the molecule is C=C1C[C@@H](c2ccccc2)n2nc(NC(=O)/C=C/c3ccc(OC)cc3)nc2N1. The van der Waals surface area contributed by atoms with Gasteiger partial charge in [0.2, 0.25) is 5.95 Å². The zero-order chi connectivity index (χ0) is 20.2. The van der Waals surface area contributed by atoms with Crippen LogP contribution >= 0.6 is 0 Å². The van der Waals surface area contributed by atoms with E-state index in [0.29, 0.717) is 12.4 Å². The second-order valence-corrected chi connectivity index (χ2v) is 6.66. The van der Waals surface area contributed by atoms with Crippen LogP contribution in [-0.2, 0) is 4.79 Å². The number of nitrogens with one attached hydrogen (secondary N) is 2. The maximum absolute atomic E-state index is 12.3. The molecule has 7 nitrogen and oxygen atoms in total. The molecule has 1 atom stereocenters. The second-order valence-electron chi connectivity index (χ2n) is 6.66. The van der Waals surface area contributed by atoms with Crippen LogP contribution in [0.15, 0.2) is 72.9 Å². The van der Waals surface area contributed by atoms with Gasteiger partial charge in [-0.2, -0.15) is 4.98 Å². The maximum Gasteiger partial charge on any atom is 0.250 e. The van der Waals surface area contributed by atoms with E-state index in [1.807, 2.05) is 54.6 Å². The van der Waals surface area contributed by atoms with E-state index >= 15 is 0 Å². The average molecular weight is 387 g/mol. The molecule has 1 amide bonds. The van der Waals surface area contributed by atoms with Gasteiger partial charge in [0, 0.05) is 18.2 Å². The fraction of sp³-hybridized carbons (Fsp3) is 0.136. The summed E-state index contributed by atoms with van der Waals surface area (Å²) in [5.41, 5.74) is 2.86. The van der Waals surface area contributed by atoms with Gasteiger partial charge in [0.15, 0.2) is 0 Å². The quantitative estimate of drug-likeness (QED) is 0.650. The summed E-state index contributed by atoms with van der Waals surface area (Å²) in [4.78, 5) is 16.7. The first-order chi connectivity index (χ1) is 14.1. The molecule has 0 aliphatic carbocycles. The molecule has 0 saturated heterocycles. The molecular weight excluding hydrogens is 366 g/mol. The number of carbonyl (C=O) groups is 1. The van der Waals surface area contributed by atoms with Crippen LogP contribution in [0, 0.1) is 0 Å². The van der Waals surface area contributed by atoms with Crippen molar-refractivity contribution in [2.24, 2.45) is 0 Å². The number of ether oxygens (including phenoxy) is 1. The van der Waals surface area contributed by atoms with E-state index < -0.39 is 0 Å². The number of fused-ring (bicyclic) bond motifs is 1. The summed E-state index contributed by atoms with van der Waals surface area (Å²) in [5, 5.41) is 10.3. The van der Waals surface area contributed by atoms with Gasteiger partial charge >= 0.3 is 0 Å².